The zero-order valence-electron chi connectivity index (χ0n) is 15.1. The van der Waals surface area contributed by atoms with Crippen LogP contribution in [0.1, 0.15) is 35.6 Å². The van der Waals surface area contributed by atoms with E-state index in [4.69, 9.17) is 15.2 Å². The summed E-state index contributed by atoms with van der Waals surface area (Å²) in [6, 6.07) is 7.19. The molecular formula is C18H24N4O3. The number of methoxy groups -OCH3 is 1. The van der Waals surface area contributed by atoms with E-state index in [2.05, 4.69) is 9.97 Å². The number of carbonyl (C=O) groups excluding carboxylic acids is 1. The fourth-order valence-corrected chi connectivity index (χ4v) is 2.53. The topological polar surface area (TPSA) is 90.6 Å². The van der Waals surface area contributed by atoms with Crippen molar-refractivity contribution in [2.75, 3.05) is 25.9 Å². The molecule has 25 heavy (non-hydrogen) atoms. The predicted octanol–water partition coefficient (Wildman–Crippen LogP) is 2.44. The number of aromatic nitrogens is 2. The van der Waals surface area contributed by atoms with Gasteiger partial charge in [-0.25, -0.2) is 9.97 Å². The van der Waals surface area contributed by atoms with Crippen LogP contribution < -0.4 is 15.2 Å². The highest BCUT2D eigenvalue weighted by Crippen LogP contribution is 2.20. The predicted molar refractivity (Wildman–Crippen MR) is 95.8 cm³/mol. The number of nitrogens with zero attached hydrogens (tertiary/aromatic N) is 3. The van der Waals surface area contributed by atoms with Crippen LogP contribution in [0.4, 0.5) is 5.95 Å². The zero-order valence-corrected chi connectivity index (χ0v) is 15.1. The maximum absolute atomic E-state index is 12.8. The number of nitrogen functional groups attached to an aromatic ring is 1. The molecule has 0 radical (unpaired) electrons. The number of hydrogen-bond acceptors (Lipinski definition) is 6. The SMILES string of the molecule is CCN(CC)C(=O)c1c(C)nc(N)nc1COc1ccc(OC)cc1. The number of rotatable bonds is 7. The Morgan fingerprint density at radius 1 is 1.12 bits per heavy atom. The quantitative estimate of drug-likeness (QED) is 0.829. The summed E-state index contributed by atoms with van der Waals surface area (Å²) in [5.41, 5.74) is 7.25. The average Bonchev–Trinajstić information content (AvgIpc) is 2.60. The molecule has 2 rings (SSSR count). The maximum atomic E-state index is 12.8. The minimum Gasteiger partial charge on any atom is -0.497 e. The summed E-state index contributed by atoms with van der Waals surface area (Å²) >= 11 is 0. The Hall–Kier alpha value is -2.83. The molecular weight excluding hydrogens is 320 g/mol. The van der Waals surface area contributed by atoms with Gasteiger partial charge in [0.25, 0.3) is 5.91 Å². The molecule has 0 saturated heterocycles. The molecule has 1 aromatic heterocycles. The zero-order chi connectivity index (χ0) is 18.4. The van der Waals surface area contributed by atoms with E-state index >= 15 is 0 Å². The highest BCUT2D eigenvalue weighted by Gasteiger charge is 2.22. The minimum absolute atomic E-state index is 0.115. The highest BCUT2D eigenvalue weighted by atomic mass is 16.5. The summed E-state index contributed by atoms with van der Waals surface area (Å²) in [4.78, 5) is 22.9. The first kappa shape index (κ1) is 18.5. The van der Waals surface area contributed by atoms with Gasteiger partial charge in [-0.3, -0.25) is 4.79 Å². The molecule has 0 bridgehead atoms. The smallest absolute Gasteiger partial charge is 0.257 e. The lowest BCUT2D eigenvalue weighted by Gasteiger charge is -2.21. The molecule has 0 aliphatic carbocycles. The molecule has 1 amide bonds. The largest absolute Gasteiger partial charge is 0.497 e. The van der Waals surface area contributed by atoms with E-state index in [1.165, 1.54) is 0 Å². The van der Waals surface area contributed by atoms with Gasteiger partial charge in [0.15, 0.2) is 0 Å². The number of aryl methyl sites for hydroxylation is 1. The van der Waals surface area contributed by atoms with E-state index in [-0.39, 0.29) is 18.5 Å². The first-order valence-corrected chi connectivity index (χ1v) is 8.19. The van der Waals surface area contributed by atoms with Gasteiger partial charge in [0.1, 0.15) is 18.1 Å². The molecule has 7 heteroatoms. The highest BCUT2D eigenvalue weighted by molar-refractivity contribution is 5.96. The van der Waals surface area contributed by atoms with Gasteiger partial charge >= 0.3 is 0 Å². The van der Waals surface area contributed by atoms with Gasteiger partial charge in [0.2, 0.25) is 5.95 Å². The van der Waals surface area contributed by atoms with Crippen LogP contribution in [0, 0.1) is 6.92 Å². The number of benzene rings is 1. The number of ether oxygens (including phenoxy) is 2. The Morgan fingerprint density at radius 3 is 2.28 bits per heavy atom. The third-order valence-corrected chi connectivity index (χ3v) is 3.88. The van der Waals surface area contributed by atoms with Crippen molar-refractivity contribution in [1.82, 2.24) is 14.9 Å². The van der Waals surface area contributed by atoms with Crippen molar-refractivity contribution >= 4 is 11.9 Å². The second kappa shape index (κ2) is 8.32. The van der Waals surface area contributed by atoms with E-state index in [1.807, 2.05) is 13.8 Å². The van der Waals surface area contributed by atoms with Crippen LogP contribution in [0.3, 0.4) is 0 Å². The second-order valence-corrected chi connectivity index (χ2v) is 5.43. The van der Waals surface area contributed by atoms with Crippen LogP contribution in [0.5, 0.6) is 11.5 Å². The third-order valence-electron chi connectivity index (χ3n) is 3.88. The Labute approximate surface area is 147 Å². The molecule has 0 saturated carbocycles. The Morgan fingerprint density at radius 2 is 1.72 bits per heavy atom. The van der Waals surface area contributed by atoms with Gasteiger partial charge in [0.05, 0.1) is 24.1 Å². The van der Waals surface area contributed by atoms with E-state index < -0.39 is 0 Å². The molecule has 1 aromatic carbocycles. The lowest BCUT2D eigenvalue weighted by Crippen LogP contribution is -2.32. The summed E-state index contributed by atoms with van der Waals surface area (Å²) in [5, 5.41) is 0. The van der Waals surface area contributed by atoms with Crippen LogP contribution in [-0.2, 0) is 6.61 Å². The van der Waals surface area contributed by atoms with E-state index in [0.29, 0.717) is 35.8 Å². The third kappa shape index (κ3) is 4.37. The molecule has 0 fully saturated rings. The Bertz CT molecular complexity index is 728. The summed E-state index contributed by atoms with van der Waals surface area (Å²) in [5.74, 6) is 1.40. The summed E-state index contributed by atoms with van der Waals surface area (Å²) in [7, 11) is 1.60. The van der Waals surface area contributed by atoms with E-state index in [9.17, 15) is 4.79 Å². The summed E-state index contributed by atoms with van der Waals surface area (Å²) in [6.45, 7) is 6.97. The lowest BCUT2D eigenvalue weighted by atomic mass is 10.1. The second-order valence-electron chi connectivity index (χ2n) is 5.43. The molecule has 0 atom stereocenters. The first-order valence-electron chi connectivity index (χ1n) is 8.19. The van der Waals surface area contributed by atoms with Gasteiger partial charge in [-0.05, 0) is 45.0 Å². The van der Waals surface area contributed by atoms with Gasteiger partial charge in [-0.1, -0.05) is 0 Å². The van der Waals surface area contributed by atoms with Crippen molar-refractivity contribution in [2.24, 2.45) is 0 Å². The number of amides is 1. The van der Waals surface area contributed by atoms with Crippen LogP contribution in [0.15, 0.2) is 24.3 Å². The fraction of sp³-hybridized carbons (Fsp3) is 0.389. The number of carbonyl (C=O) groups is 1. The van der Waals surface area contributed by atoms with Gasteiger partial charge < -0.3 is 20.1 Å². The van der Waals surface area contributed by atoms with Crippen LogP contribution in [-0.4, -0.2) is 41.0 Å². The van der Waals surface area contributed by atoms with Crippen molar-refractivity contribution < 1.29 is 14.3 Å². The van der Waals surface area contributed by atoms with Crippen LogP contribution in [0.25, 0.3) is 0 Å². The summed E-state index contributed by atoms with van der Waals surface area (Å²) < 4.78 is 10.9. The molecule has 0 unspecified atom stereocenters. The van der Waals surface area contributed by atoms with E-state index in [0.717, 1.165) is 5.75 Å². The molecule has 7 nitrogen and oxygen atoms in total. The molecule has 1 heterocycles. The molecule has 0 spiro atoms. The van der Waals surface area contributed by atoms with Crippen molar-refractivity contribution in [3.05, 3.63) is 41.2 Å². The number of nitrogens with two attached hydrogens (primary N) is 1. The molecule has 2 aromatic rings. The molecule has 134 valence electrons. The lowest BCUT2D eigenvalue weighted by molar-refractivity contribution is 0.0768. The average molecular weight is 344 g/mol. The van der Waals surface area contributed by atoms with Crippen molar-refractivity contribution in [1.29, 1.82) is 0 Å². The van der Waals surface area contributed by atoms with Crippen molar-refractivity contribution in [3.8, 4) is 11.5 Å². The van der Waals surface area contributed by atoms with Crippen LogP contribution >= 0.6 is 0 Å². The fourth-order valence-electron chi connectivity index (χ4n) is 2.53. The standard InChI is InChI=1S/C18H24N4O3/c1-5-22(6-2)17(23)16-12(3)20-18(19)21-15(16)11-25-14-9-7-13(24-4)8-10-14/h7-10H,5-6,11H2,1-4H3,(H2,19,20,21). The van der Waals surface area contributed by atoms with Gasteiger partial charge in [-0.15, -0.1) is 0 Å². The van der Waals surface area contributed by atoms with Crippen LogP contribution in [0.2, 0.25) is 0 Å². The van der Waals surface area contributed by atoms with Gasteiger partial charge in [-0.2, -0.15) is 0 Å². The molecule has 2 N–H and O–H groups in total. The Balaban J connectivity index is 2.27. The van der Waals surface area contributed by atoms with Crippen molar-refractivity contribution in [3.63, 3.8) is 0 Å². The first-order chi connectivity index (χ1) is 12.0. The monoisotopic (exact) mass is 344 g/mol. The Kier molecular flexibility index (Phi) is 6.16. The summed E-state index contributed by atoms with van der Waals surface area (Å²) in [6.07, 6.45) is 0. The number of hydrogen-bond donors (Lipinski definition) is 1. The normalized spacial score (nSPS) is 10.4. The van der Waals surface area contributed by atoms with E-state index in [1.54, 1.807) is 43.2 Å². The minimum atomic E-state index is -0.115. The number of anilines is 1. The van der Waals surface area contributed by atoms with Crippen molar-refractivity contribution in [2.45, 2.75) is 27.4 Å². The van der Waals surface area contributed by atoms with Gasteiger partial charge in [0, 0.05) is 13.1 Å². The maximum Gasteiger partial charge on any atom is 0.257 e. The molecule has 0 aliphatic rings. The molecule has 0 aliphatic heterocycles.